The van der Waals surface area contributed by atoms with Gasteiger partial charge in [0.15, 0.2) is 0 Å². The molecule has 0 aliphatic carbocycles. The predicted molar refractivity (Wildman–Crippen MR) is 87.2 cm³/mol. The molecule has 0 radical (unpaired) electrons. The first-order valence-corrected chi connectivity index (χ1v) is 7.76. The van der Waals surface area contributed by atoms with E-state index in [9.17, 15) is 0 Å². The summed E-state index contributed by atoms with van der Waals surface area (Å²) in [6.45, 7) is 2.10. The maximum absolute atomic E-state index is 6.39. The number of hydrogen-bond acceptors (Lipinski definition) is 2. The van der Waals surface area contributed by atoms with Gasteiger partial charge in [-0.15, -0.1) is 11.6 Å². The normalized spacial score (nSPS) is 12.7. The lowest BCUT2D eigenvalue weighted by Gasteiger charge is -2.17. The molecule has 3 nitrogen and oxygen atoms in total. The van der Waals surface area contributed by atoms with Crippen LogP contribution in [0.5, 0.6) is 0 Å². The van der Waals surface area contributed by atoms with Crippen LogP contribution >= 0.6 is 23.2 Å². The van der Waals surface area contributed by atoms with Gasteiger partial charge in [0.25, 0.3) is 0 Å². The first-order chi connectivity index (χ1) is 10.2. The molecule has 0 N–H and O–H groups in total. The summed E-state index contributed by atoms with van der Waals surface area (Å²) < 4.78 is 2.14. The van der Waals surface area contributed by atoms with E-state index in [0.29, 0.717) is 17.3 Å². The van der Waals surface area contributed by atoms with E-state index in [4.69, 9.17) is 23.2 Å². The Hall–Kier alpha value is -1.58. The van der Waals surface area contributed by atoms with Gasteiger partial charge in [0.2, 0.25) is 0 Å². The number of nitrogens with zero attached hydrogens (tertiary/aromatic N) is 3. The molecule has 0 saturated heterocycles. The van der Waals surface area contributed by atoms with Gasteiger partial charge in [0.05, 0.1) is 27.8 Å². The molecule has 1 unspecified atom stereocenters. The highest BCUT2D eigenvalue weighted by Crippen LogP contribution is 2.30. The average Bonchev–Trinajstić information content (AvgIpc) is 2.87. The monoisotopic (exact) mass is 319 g/mol. The van der Waals surface area contributed by atoms with Crippen molar-refractivity contribution in [2.75, 3.05) is 5.88 Å². The van der Waals surface area contributed by atoms with Crippen molar-refractivity contribution in [3.8, 4) is 0 Å². The Morgan fingerprint density at radius 1 is 1.19 bits per heavy atom. The van der Waals surface area contributed by atoms with E-state index < -0.39 is 0 Å². The molecule has 0 aliphatic rings. The van der Waals surface area contributed by atoms with Crippen LogP contribution in [0.15, 0.2) is 42.6 Å². The molecule has 2 heterocycles. The first kappa shape index (κ1) is 14.4. The van der Waals surface area contributed by atoms with Crippen molar-refractivity contribution in [2.45, 2.75) is 19.4 Å². The molecule has 0 aliphatic heterocycles. The van der Waals surface area contributed by atoms with Gasteiger partial charge in [-0.1, -0.05) is 23.7 Å². The lowest BCUT2D eigenvalue weighted by atomic mass is 10.2. The highest BCUT2D eigenvalue weighted by molar-refractivity contribution is 6.35. The number of pyridine rings is 1. The predicted octanol–water partition coefficient (Wildman–Crippen LogP) is 4.48. The summed E-state index contributed by atoms with van der Waals surface area (Å²) in [7, 11) is 0. The second-order valence-corrected chi connectivity index (χ2v) is 5.66. The largest absolute Gasteiger partial charge is 0.318 e. The van der Waals surface area contributed by atoms with Crippen LogP contribution in [0.4, 0.5) is 0 Å². The molecule has 21 heavy (non-hydrogen) atoms. The number of aromatic nitrogens is 3. The van der Waals surface area contributed by atoms with Crippen molar-refractivity contribution in [1.29, 1.82) is 0 Å². The third kappa shape index (κ3) is 2.63. The van der Waals surface area contributed by atoms with Crippen LogP contribution in [0.25, 0.3) is 11.0 Å². The zero-order chi connectivity index (χ0) is 14.8. The van der Waals surface area contributed by atoms with Gasteiger partial charge >= 0.3 is 0 Å². The number of hydrogen-bond donors (Lipinski definition) is 0. The summed E-state index contributed by atoms with van der Waals surface area (Å²) in [5.74, 6) is 1.46. The Morgan fingerprint density at radius 3 is 2.76 bits per heavy atom. The van der Waals surface area contributed by atoms with Crippen molar-refractivity contribution in [1.82, 2.24) is 14.5 Å². The van der Waals surface area contributed by atoms with Gasteiger partial charge in [-0.2, -0.15) is 0 Å². The summed E-state index contributed by atoms with van der Waals surface area (Å²) in [4.78, 5) is 9.12. The SMILES string of the molecule is CC(c1ccccn1)n1c(CCCl)nc2cccc(Cl)c21. The smallest absolute Gasteiger partial charge is 0.111 e. The van der Waals surface area contributed by atoms with E-state index >= 15 is 0 Å². The minimum atomic E-state index is 0.0503. The van der Waals surface area contributed by atoms with E-state index in [-0.39, 0.29) is 6.04 Å². The average molecular weight is 320 g/mol. The quantitative estimate of drug-likeness (QED) is 0.664. The first-order valence-electron chi connectivity index (χ1n) is 6.84. The molecule has 0 bridgehead atoms. The molecule has 1 aromatic carbocycles. The lowest BCUT2D eigenvalue weighted by molar-refractivity contribution is 0.608. The number of halogens is 2. The van der Waals surface area contributed by atoms with Gasteiger partial charge in [0.1, 0.15) is 5.82 Å². The topological polar surface area (TPSA) is 30.7 Å². The van der Waals surface area contributed by atoms with Crippen molar-refractivity contribution >= 4 is 34.2 Å². The zero-order valence-corrected chi connectivity index (χ0v) is 13.1. The fourth-order valence-electron chi connectivity index (χ4n) is 2.59. The molecule has 0 saturated carbocycles. The Bertz CT molecular complexity index is 753. The molecule has 5 heteroatoms. The number of alkyl halides is 1. The molecule has 3 aromatic rings. The second-order valence-electron chi connectivity index (χ2n) is 4.88. The van der Waals surface area contributed by atoms with Crippen LogP contribution in [0, 0.1) is 0 Å². The van der Waals surface area contributed by atoms with Crippen LogP contribution in [0.1, 0.15) is 24.5 Å². The Kier molecular flexibility index (Phi) is 4.13. The second kappa shape index (κ2) is 6.04. The van der Waals surface area contributed by atoms with Crippen LogP contribution in [-0.4, -0.2) is 20.4 Å². The van der Waals surface area contributed by atoms with Crippen LogP contribution in [0.2, 0.25) is 5.02 Å². The van der Waals surface area contributed by atoms with Gasteiger partial charge in [-0.25, -0.2) is 4.98 Å². The molecule has 0 spiro atoms. The van der Waals surface area contributed by atoms with Crippen LogP contribution < -0.4 is 0 Å². The lowest BCUT2D eigenvalue weighted by Crippen LogP contribution is -2.12. The fraction of sp³-hybridized carbons (Fsp3) is 0.250. The Morgan fingerprint density at radius 2 is 2.05 bits per heavy atom. The van der Waals surface area contributed by atoms with Gasteiger partial charge in [-0.3, -0.25) is 4.98 Å². The highest BCUT2D eigenvalue weighted by Gasteiger charge is 2.19. The minimum absolute atomic E-state index is 0.0503. The maximum Gasteiger partial charge on any atom is 0.111 e. The third-order valence-corrected chi connectivity index (χ3v) is 4.05. The summed E-state index contributed by atoms with van der Waals surface area (Å²) in [6.07, 6.45) is 2.50. The van der Waals surface area contributed by atoms with E-state index in [2.05, 4.69) is 21.5 Å². The van der Waals surface area contributed by atoms with E-state index in [1.807, 2.05) is 36.4 Å². The molecular formula is C16H15Cl2N3. The number of para-hydroxylation sites is 1. The van der Waals surface area contributed by atoms with Crippen molar-refractivity contribution in [3.05, 3.63) is 59.1 Å². The molecule has 108 valence electrons. The third-order valence-electron chi connectivity index (χ3n) is 3.56. The standard InChI is InChI=1S/C16H15Cl2N3/c1-11(13-6-2-3-10-19-13)21-15(8-9-17)20-14-7-4-5-12(18)16(14)21/h2-7,10-11H,8-9H2,1H3. The van der Waals surface area contributed by atoms with Crippen molar-refractivity contribution < 1.29 is 0 Å². The highest BCUT2D eigenvalue weighted by atomic mass is 35.5. The number of rotatable bonds is 4. The summed E-state index contributed by atoms with van der Waals surface area (Å²) in [5, 5.41) is 0.698. The molecule has 2 aromatic heterocycles. The maximum atomic E-state index is 6.39. The van der Waals surface area contributed by atoms with Crippen molar-refractivity contribution in [2.24, 2.45) is 0 Å². The van der Waals surface area contributed by atoms with E-state index in [1.165, 1.54) is 0 Å². The van der Waals surface area contributed by atoms with E-state index in [1.54, 1.807) is 6.20 Å². The Balaban J connectivity index is 2.21. The number of aryl methyl sites for hydroxylation is 1. The Labute approximate surface area is 133 Å². The fourth-order valence-corrected chi connectivity index (χ4v) is 3.02. The molecular weight excluding hydrogens is 305 g/mol. The molecule has 3 rings (SSSR count). The van der Waals surface area contributed by atoms with Gasteiger partial charge in [-0.05, 0) is 31.2 Å². The summed E-state index contributed by atoms with van der Waals surface area (Å²) in [6, 6.07) is 11.7. The van der Waals surface area contributed by atoms with Crippen LogP contribution in [-0.2, 0) is 6.42 Å². The molecule has 1 atom stereocenters. The summed E-state index contributed by atoms with van der Waals surface area (Å²) in [5.41, 5.74) is 2.82. The number of imidazole rings is 1. The molecule has 0 amide bonds. The van der Waals surface area contributed by atoms with Crippen molar-refractivity contribution in [3.63, 3.8) is 0 Å². The molecule has 0 fully saturated rings. The zero-order valence-electron chi connectivity index (χ0n) is 11.6. The number of fused-ring (bicyclic) bond motifs is 1. The van der Waals surface area contributed by atoms with Gasteiger partial charge in [0, 0.05) is 18.5 Å². The number of benzene rings is 1. The minimum Gasteiger partial charge on any atom is -0.318 e. The van der Waals surface area contributed by atoms with E-state index in [0.717, 1.165) is 22.6 Å². The van der Waals surface area contributed by atoms with Gasteiger partial charge < -0.3 is 4.57 Å². The summed E-state index contributed by atoms with van der Waals surface area (Å²) >= 11 is 12.3. The van der Waals surface area contributed by atoms with Crippen LogP contribution in [0.3, 0.4) is 0 Å².